The molecule has 1 aromatic rings. The highest BCUT2D eigenvalue weighted by molar-refractivity contribution is 7.47. The number of carbonyl (C=O) groups excluding carboxylic acids is 1. The number of unbranched alkanes of at least 4 members (excludes halogenated alkanes) is 13. The van der Waals surface area contributed by atoms with Crippen LogP contribution in [0.4, 0.5) is 0 Å². The van der Waals surface area contributed by atoms with Gasteiger partial charge in [0.15, 0.2) is 11.5 Å². The van der Waals surface area contributed by atoms with Crippen LogP contribution in [0, 0.1) is 0 Å². The molecule has 2 atom stereocenters. The predicted molar refractivity (Wildman–Crippen MR) is 182 cm³/mol. The highest BCUT2D eigenvalue weighted by Gasteiger charge is 2.40. The van der Waals surface area contributed by atoms with E-state index in [1.54, 1.807) is 0 Å². The number of hydrogen-bond donors (Lipinski definition) is 1. The first-order valence-corrected chi connectivity index (χ1v) is 19.3. The molecule has 1 saturated heterocycles. The Kier molecular flexibility index (Phi) is 20.0. The largest absolute Gasteiger partial charge is 0.527 e. The van der Waals surface area contributed by atoms with Crippen LogP contribution in [0.5, 0.6) is 0 Å². The summed E-state index contributed by atoms with van der Waals surface area (Å²) < 4.78 is 36.3. The van der Waals surface area contributed by atoms with Gasteiger partial charge < -0.3 is 14.0 Å². The van der Waals surface area contributed by atoms with Gasteiger partial charge in [0.2, 0.25) is 0 Å². The first-order valence-electron chi connectivity index (χ1n) is 17.8. The van der Waals surface area contributed by atoms with Crippen molar-refractivity contribution in [2.45, 2.75) is 137 Å². The average molecular weight is 653 g/mol. The zero-order chi connectivity index (χ0) is 32.8. The van der Waals surface area contributed by atoms with Crippen LogP contribution < -0.4 is 0 Å². The number of ether oxygens (including phenoxy) is 2. The fraction of sp³-hybridized carbons (Fsp3) is 0.750. The molecule has 0 aliphatic carbocycles. The fourth-order valence-corrected chi connectivity index (χ4v) is 7.17. The molecule has 1 heterocycles. The molecule has 0 aromatic heterocycles. The minimum Gasteiger partial charge on any atom is -0.458 e. The molecule has 0 amide bonds. The summed E-state index contributed by atoms with van der Waals surface area (Å²) in [6.45, 7) is 10.9. The number of allylic oxidation sites excluding steroid dienone is 1. The Balaban J connectivity index is 1.75. The first-order chi connectivity index (χ1) is 21.8. The lowest BCUT2D eigenvalue weighted by Crippen LogP contribution is -2.43. The number of quaternary nitrogens is 1. The molecule has 45 heavy (non-hydrogen) atoms. The third-order valence-electron chi connectivity index (χ3n) is 8.99. The van der Waals surface area contributed by atoms with Gasteiger partial charge >= 0.3 is 13.8 Å². The van der Waals surface area contributed by atoms with Crippen LogP contribution in [-0.2, 0) is 27.9 Å². The van der Waals surface area contributed by atoms with Gasteiger partial charge in [-0.25, -0.2) is 4.57 Å². The van der Waals surface area contributed by atoms with Crippen LogP contribution in [-0.4, -0.2) is 60.9 Å². The number of benzene rings is 1. The maximum Gasteiger partial charge on any atom is 0.527 e. The van der Waals surface area contributed by atoms with Crippen LogP contribution in [0.15, 0.2) is 36.0 Å². The van der Waals surface area contributed by atoms with Gasteiger partial charge in [0.05, 0.1) is 32.8 Å². The molecule has 1 fully saturated rings. The molecule has 2 rings (SSSR count). The normalized spacial score (nSPS) is 17.5. The lowest BCUT2D eigenvalue weighted by Gasteiger charge is -2.34. The number of hydrogen-bond acceptors (Lipinski definition) is 6. The van der Waals surface area contributed by atoms with Crippen LogP contribution >= 0.6 is 7.82 Å². The number of likely N-dealkylation sites (tertiary alicyclic amines) is 1. The van der Waals surface area contributed by atoms with E-state index in [4.69, 9.17) is 18.5 Å². The number of phosphoric acid groups is 1. The fourth-order valence-electron chi connectivity index (χ4n) is 6.32. The molecule has 9 heteroatoms. The molecule has 258 valence electrons. The van der Waals surface area contributed by atoms with Crippen molar-refractivity contribution in [1.82, 2.24) is 0 Å². The topological polar surface area (TPSA) is 91.3 Å². The third-order valence-corrected chi connectivity index (χ3v) is 9.88. The Labute approximate surface area is 274 Å². The van der Waals surface area contributed by atoms with Crippen LogP contribution in [0.3, 0.4) is 0 Å². The number of phosphoric ester groups is 1. The van der Waals surface area contributed by atoms with Crippen molar-refractivity contribution < 1.29 is 37.3 Å². The summed E-state index contributed by atoms with van der Waals surface area (Å²) in [5, 5.41) is 0. The van der Waals surface area contributed by atoms with Crippen molar-refractivity contribution in [3.05, 3.63) is 41.6 Å². The molecule has 0 radical (unpaired) electrons. The number of carbonyl (C=O) groups is 1. The smallest absolute Gasteiger partial charge is 0.458 e. The minimum absolute atomic E-state index is 0.0936. The van der Waals surface area contributed by atoms with Gasteiger partial charge in [0, 0.05) is 31.9 Å². The van der Waals surface area contributed by atoms with Gasteiger partial charge in [0.25, 0.3) is 0 Å². The maximum atomic E-state index is 13.2. The van der Waals surface area contributed by atoms with Crippen molar-refractivity contribution in [3.63, 3.8) is 0 Å². The summed E-state index contributed by atoms with van der Waals surface area (Å²) in [6, 6.07) is 9.44. The number of nitrogens with zero attached hydrogens (tertiary/aromatic N) is 1. The third kappa shape index (κ3) is 15.6. The Morgan fingerprint density at radius 3 is 1.93 bits per heavy atom. The maximum absolute atomic E-state index is 13.2. The molecule has 1 N–H and O–H groups in total. The van der Waals surface area contributed by atoms with Crippen molar-refractivity contribution in [3.8, 4) is 0 Å². The minimum atomic E-state index is -4.53. The van der Waals surface area contributed by atoms with E-state index in [0.717, 1.165) is 56.6 Å². The van der Waals surface area contributed by atoms with Gasteiger partial charge in [-0.15, -0.1) is 0 Å². The van der Waals surface area contributed by atoms with Gasteiger partial charge in [-0.2, -0.15) is 0 Å². The van der Waals surface area contributed by atoms with E-state index in [2.05, 4.69) is 20.8 Å². The average Bonchev–Trinajstić information content (AvgIpc) is 3.46. The second kappa shape index (κ2) is 22.8. The van der Waals surface area contributed by atoms with Gasteiger partial charge in [-0.05, 0) is 20.3 Å². The Hall–Kier alpha value is -1.70. The van der Waals surface area contributed by atoms with E-state index in [1.807, 2.05) is 30.3 Å². The molecule has 0 spiro atoms. The Morgan fingerprint density at radius 2 is 1.40 bits per heavy atom. The van der Waals surface area contributed by atoms with E-state index in [-0.39, 0.29) is 13.2 Å². The van der Waals surface area contributed by atoms with Gasteiger partial charge in [0.1, 0.15) is 6.10 Å². The van der Waals surface area contributed by atoms with E-state index < -0.39 is 19.9 Å². The van der Waals surface area contributed by atoms with Crippen LogP contribution in [0.1, 0.15) is 136 Å². The summed E-state index contributed by atoms with van der Waals surface area (Å²) in [7, 11) is -4.53. The quantitative estimate of drug-likeness (QED) is 0.0350. The molecule has 0 saturated carbocycles. The lowest BCUT2D eigenvalue weighted by atomic mass is 10.0. The van der Waals surface area contributed by atoms with Crippen molar-refractivity contribution in [1.29, 1.82) is 0 Å². The summed E-state index contributed by atoms with van der Waals surface area (Å²) in [6.07, 6.45) is 19.0. The van der Waals surface area contributed by atoms with Crippen LogP contribution in [0.2, 0.25) is 0 Å². The molecule has 8 nitrogen and oxygen atoms in total. The van der Waals surface area contributed by atoms with Gasteiger partial charge in [-0.3, -0.25) is 18.7 Å². The second-order valence-electron chi connectivity index (χ2n) is 12.5. The molecule has 0 bridgehead atoms. The number of rotatable bonds is 26. The number of esters is 1. The van der Waals surface area contributed by atoms with E-state index in [1.165, 1.54) is 84.0 Å². The highest BCUT2D eigenvalue weighted by Crippen LogP contribution is 2.50. The molecule has 1 aromatic carbocycles. The molecular weight excluding hydrogens is 589 g/mol. The second-order valence-corrected chi connectivity index (χ2v) is 13.9. The van der Waals surface area contributed by atoms with Gasteiger partial charge in [-0.1, -0.05) is 121 Å². The monoisotopic (exact) mass is 652 g/mol. The van der Waals surface area contributed by atoms with Crippen molar-refractivity contribution in [2.24, 2.45) is 0 Å². The predicted octanol–water partition coefficient (Wildman–Crippen LogP) is 9.57. The van der Waals surface area contributed by atoms with E-state index in [0.29, 0.717) is 16.8 Å². The van der Waals surface area contributed by atoms with E-state index >= 15 is 0 Å². The molecule has 2 unspecified atom stereocenters. The van der Waals surface area contributed by atoms with E-state index in [9.17, 15) is 14.3 Å². The Bertz CT molecular complexity index is 1010. The summed E-state index contributed by atoms with van der Waals surface area (Å²) in [5.74, 6) is -0.0934. The summed E-state index contributed by atoms with van der Waals surface area (Å²) >= 11 is 0. The summed E-state index contributed by atoms with van der Waals surface area (Å²) in [4.78, 5) is 22.5. The SMILES string of the molecule is CCCCCCCCCCCCCCCCOCC(COP(=O)(O)OC(=C1CCC[N+]1(CC)CC)c1ccccc1)OC(C)=O. The first kappa shape index (κ1) is 39.5. The zero-order valence-electron chi connectivity index (χ0n) is 28.8. The zero-order valence-corrected chi connectivity index (χ0v) is 29.7. The molecule has 1 aliphatic rings. The standard InChI is InChI=1S/C36H62NO7P/c1-5-8-9-10-11-12-13-14-15-16-17-18-19-23-29-41-30-34(43-32(4)38)31-42-45(39,40)44-36(33-25-21-20-22-26-33)35-27-24-28-37(35,6-2)7-3/h20-22,25-26,34H,5-19,23-24,27-31H2,1-4H3/p+1. The van der Waals surface area contributed by atoms with Crippen molar-refractivity contribution >= 4 is 19.6 Å². The molecular formula is C36H63NO7P+. The highest BCUT2D eigenvalue weighted by atomic mass is 31.2. The molecule has 1 aliphatic heterocycles. The van der Waals surface area contributed by atoms with Crippen molar-refractivity contribution in [2.75, 3.05) is 39.5 Å². The Morgan fingerprint density at radius 1 is 0.844 bits per heavy atom. The summed E-state index contributed by atoms with van der Waals surface area (Å²) in [5.41, 5.74) is 1.75. The van der Waals surface area contributed by atoms with Crippen LogP contribution in [0.25, 0.3) is 5.76 Å². The lowest BCUT2D eigenvalue weighted by molar-refractivity contribution is -0.879.